The van der Waals surface area contributed by atoms with Gasteiger partial charge in [0.2, 0.25) is 0 Å². The molecule has 0 heterocycles. The van der Waals surface area contributed by atoms with Gasteiger partial charge in [-0.1, -0.05) is 6.92 Å². The van der Waals surface area contributed by atoms with Crippen LogP contribution in [0.2, 0.25) is 0 Å². The van der Waals surface area contributed by atoms with Crippen molar-refractivity contribution in [1.82, 2.24) is 5.32 Å². The highest BCUT2D eigenvalue weighted by molar-refractivity contribution is 7.52. The summed E-state index contributed by atoms with van der Waals surface area (Å²) in [5, 5.41) is 2.71. The van der Waals surface area contributed by atoms with Crippen LogP contribution in [-0.4, -0.2) is 22.1 Å². The Morgan fingerprint density at radius 2 is 2.10 bits per heavy atom. The minimum Gasteiger partial charge on any atom is -0.323 e. The molecule has 5 heteroatoms. The molecule has 4 nitrogen and oxygen atoms in total. The van der Waals surface area contributed by atoms with Crippen LogP contribution in [0.15, 0.2) is 0 Å². The van der Waals surface area contributed by atoms with Crippen LogP contribution in [0.3, 0.4) is 0 Å². The monoisotopic (exact) mass is 167 g/mol. The minimum atomic E-state index is -3.90. The first-order chi connectivity index (χ1) is 4.48. The Morgan fingerprint density at radius 1 is 1.60 bits per heavy atom. The van der Waals surface area contributed by atoms with E-state index >= 15 is 0 Å². The van der Waals surface area contributed by atoms with E-state index in [0.29, 0.717) is 6.54 Å². The predicted molar refractivity (Wildman–Crippen MR) is 39.8 cm³/mol. The quantitative estimate of drug-likeness (QED) is 0.533. The second-order valence-corrected chi connectivity index (χ2v) is 4.17. The SMILES string of the molecule is CCCNC(C)P(=O)(O)O. The van der Waals surface area contributed by atoms with Gasteiger partial charge in [-0.15, -0.1) is 0 Å². The molecule has 0 fully saturated rings. The molecule has 0 aliphatic rings. The standard InChI is InChI=1S/C5H14NO3P/c1-3-4-6-5(2)10(7,8)9/h5-6H,3-4H2,1-2H3,(H2,7,8,9). The molecule has 1 atom stereocenters. The Hall–Kier alpha value is 0.110. The summed E-state index contributed by atoms with van der Waals surface area (Å²) in [5.74, 6) is -0.715. The maximum atomic E-state index is 10.5. The van der Waals surface area contributed by atoms with E-state index in [0.717, 1.165) is 6.42 Å². The highest BCUT2D eigenvalue weighted by atomic mass is 31.2. The van der Waals surface area contributed by atoms with Gasteiger partial charge in [0.05, 0.1) is 0 Å². The molecule has 0 amide bonds. The first kappa shape index (κ1) is 10.1. The van der Waals surface area contributed by atoms with Crippen LogP contribution in [0.5, 0.6) is 0 Å². The number of hydrogen-bond acceptors (Lipinski definition) is 2. The molecule has 10 heavy (non-hydrogen) atoms. The molecule has 0 rings (SSSR count). The molecular weight excluding hydrogens is 153 g/mol. The maximum absolute atomic E-state index is 10.5. The molecule has 0 radical (unpaired) electrons. The molecule has 0 bridgehead atoms. The molecule has 0 aliphatic heterocycles. The van der Waals surface area contributed by atoms with Crippen LogP contribution in [0.1, 0.15) is 20.3 Å². The molecule has 0 aromatic rings. The van der Waals surface area contributed by atoms with E-state index in [1.54, 1.807) is 0 Å². The van der Waals surface area contributed by atoms with Gasteiger partial charge in [0.25, 0.3) is 0 Å². The van der Waals surface area contributed by atoms with E-state index in [-0.39, 0.29) is 0 Å². The van der Waals surface area contributed by atoms with E-state index in [4.69, 9.17) is 9.79 Å². The Kier molecular flexibility index (Phi) is 4.13. The Morgan fingerprint density at radius 3 is 2.40 bits per heavy atom. The summed E-state index contributed by atoms with van der Waals surface area (Å²) in [6.45, 7) is 4.07. The van der Waals surface area contributed by atoms with Crippen molar-refractivity contribution in [1.29, 1.82) is 0 Å². The summed E-state index contributed by atoms with van der Waals surface area (Å²) in [5.41, 5.74) is 0. The number of hydrogen-bond donors (Lipinski definition) is 3. The van der Waals surface area contributed by atoms with Gasteiger partial charge in [0.1, 0.15) is 5.78 Å². The molecule has 0 aromatic carbocycles. The molecule has 62 valence electrons. The van der Waals surface area contributed by atoms with Crippen molar-refractivity contribution >= 4 is 7.60 Å². The van der Waals surface area contributed by atoms with E-state index in [1.165, 1.54) is 6.92 Å². The zero-order valence-electron chi connectivity index (χ0n) is 6.24. The molecule has 0 saturated carbocycles. The maximum Gasteiger partial charge on any atom is 0.342 e. The van der Waals surface area contributed by atoms with Crippen molar-refractivity contribution < 1.29 is 14.4 Å². The highest BCUT2D eigenvalue weighted by Gasteiger charge is 2.22. The Labute approximate surface area is 60.8 Å². The summed E-state index contributed by atoms with van der Waals surface area (Å²) < 4.78 is 10.5. The topological polar surface area (TPSA) is 69.6 Å². The highest BCUT2D eigenvalue weighted by Crippen LogP contribution is 2.38. The third kappa shape index (κ3) is 4.01. The second kappa shape index (κ2) is 4.09. The van der Waals surface area contributed by atoms with Gasteiger partial charge in [-0.25, -0.2) is 0 Å². The van der Waals surface area contributed by atoms with E-state index in [2.05, 4.69) is 5.32 Å². The Bertz CT molecular complexity index is 133. The number of rotatable bonds is 4. The minimum absolute atomic E-state index is 0.645. The largest absolute Gasteiger partial charge is 0.342 e. The van der Waals surface area contributed by atoms with Crippen molar-refractivity contribution in [3.05, 3.63) is 0 Å². The van der Waals surface area contributed by atoms with Crippen LogP contribution in [0.4, 0.5) is 0 Å². The van der Waals surface area contributed by atoms with Gasteiger partial charge in [-0.2, -0.15) is 0 Å². The van der Waals surface area contributed by atoms with Gasteiger partial charge in [-0.3, -0.25) is 4.57 Å². The van der Waals surface area contributed by atoms with Crippen LogP contribution < -0.4 is 5.32 Å². The molecule has 0 aromatic heterocycles. The summed E-state index contributed by atoms with van der Waals surface area (Å²) in [7, 11) is -3.90. The fourth-order valence-electron chi connectivity index (χ4n) is 0.472. The third-order valence-corrected chi connectivity index (χ3v) is 2.39. The van der Waals surface area contributed by atoms with Gasteiger partial charge in [0, 0.05) is 0 Å². The fraction of sp³-hybridized carbons (Fsp3) is 1.00. The lowest BCUT2D eigenvalue weighted by Crippen LogP contribution is -2.26. The molecule has 1 unspecified atom stereocenters. The lowest BCUT2D eigenvalue weighted by molar-refractivity contribution is 0.350. The Balaban J connectivity index is 3.63. The van der Waals surface area contributed by atoms with Gasteiger partial charge in [0.15, 0.2) is 0 Å². The lowest BCUT2D eigenvalue weighted by atomic mass is 10.5. The zero-order chi connectivity index (χ0) is 8.20. The van der Waals surface area contributed by atoms with Crippen LogP contribution in [0, 0.1) is 0 Å². The summed E-state index contributed by atoms with van der Waals surface area (Å²) in [4.78, 5) is 17.1. The smallest absolute Gasteiger partial charge is 0.323 e. The third-order valence-electron chi connectivity index (χ3n) is 1.19. The summed E-state index contributed by atoms with van der Waals surface area (Å²) in [6, 6.07) is 0. The summed E-state index contributed by atoms with van der Waals surface area (Å²) >= 11 is 0. The first-order valence-corrected chi connectivity index (χ1v) is 4.95. The molecule has 3 N–H and O–H groups in total. The van der Waals surface area contributed by atoms with E-state index in [1.807, 2.05) is 6.92 Å². The number of nitrogens with one attached hydrogen (secondary N) is 1. The molecule has 0 spiro atoms. The van der Waals surface area contributed by atoms with Crippen LogP contribution >= 0.6 is 7.60 Å². The van der Waals surface area contributed by atoms with Crippen molar-refractivity contribution in [2.45, 2.75) is 26.1 Å². The van der Waals surface area contributed by atoms with Gasteiger partial charge < -0.3 is 15.1 Å². The van der Waals surface area contributed by atoms with Gasteiger partial charge in [-0.05, 0) is 19.9 Å². The molecular formula is C5H14NO3P. The van der Waals surface area contributed by atoms with Crippen molar-refractivity contribution in [3.8, 4) is 0 Å². The zero-order valence-corrected chi connectivity index (χ0v) is 7.14. The van der Waals surface area contributed by atoms with Crippen LogP contribution in [-0.2, 0) is 4.57 Å². The van der Waals surface area contributed by atoms with E-state index in [9.17, 15) is 4.57 Å². The van der Waals surface area contributed by atoms with Crippen LogP contribution in [0.25, 0.3) is 0 Å². The summed E-state index contributed by atoms with van der Waals surface area (Å²) in [6.07, 6.45) is 0.879. The van der Waals surface area contributed by atoms with Crippen molar-refractivity contribution in [3.63, 3.8) is 0 Å². The van der Waals surface area contributed by atoms with Crippen molar-refractivity contribution in [2.24, 2.45) is 0 Å². The molecule has 0 saturated heterocycles. The normalized spacial score (nSPS) is 15.2. The molecule has 0 aliphatic carbocycles. The van der Waals surface area contributed by atoms with Gasteiger partial charge >= 0.3 is 7.60 Å². The van der Waals surface area contributed by atoms with Crippen molar-refractivity contribution in [2.75, 3.05) is 6.54 Å². The second-order valence-electron chi connectivity index (χ2n) is 2.22. The average molecular weight is 167 g/mol. The fourth-order valence-corrected chi connectivity index (χ4v) is 0.839. The van der Waals surface area contributed by atoms with E-state index < -0.39 is 13.4 Å². The average Bonchev–Trinajstić information content (AvgIpc) is 1.80. The lowest BCUT2D eigenvalue weighted by Gasteiger charge is -2.13. The first-order valence-electron chi connectivity index (χ1n) is 3.27. The predicted octanol–water partition coefficient (Wildman–Crippen LogP) is 0.510.